The van der Waals surface area contributed by atoms with Gasteiger partial charge in [-0.25, -0.2) is 0 Å². The number of hydrogen-bond acceptors (Lipinski definition) is 4. The summed E-state index contributed by atoms with van der Waals surface area (Å²) >= 11 is 0. The van der Waals surface area contributed by atoms with Gasteiger partial charge < -0.3 is 15.4 Å². The zero-order chi connectivity index (χ0) is 13.7. The van der Waals surface area contributed by atoms with Gasteiger partial charge in [0.15, 0.2) is 0 Å². The summed E-state index contributed by atoms with van der Waals surface area (Å²) in [4.78, 5) is 2.42. The number of methoxy groups -OCH3 is 1. The Bertz CT molecular complexity index is 459. The molecule has 1 saturated heterocycles. The van der Waals surface area contributed by atoms with Crippen LogP contribution in [0.25, 0.3) is 0 Å². The molecule has 0 spiro atoms. The van der Waals surface area contributed by atoms with E-state index >= 15 is 0 Å². The second kappa shape index (κ2) is 6.55. The Labute approximate surface area is 114 Å². The Hall–Kier alpha value is -1.57. The van der Waals surface area contributed by atoms with E-state index in [4.69, 9.17) is 15.7 Å². The number of benzene rings is 1. The molecular weight excluding hydrogens is 238 g/mol. The fourth-order valence-corrected chi connectivity index (χ4v) is 2.72. The first kappa shape index (κ1) is 13.9. The van der Waals surface area contributed by atoms with Gasteiger partial charge in [0.05, 0.1) is 17.9 Å². The van der Waals surface area contributed by atoms with Crippen LogP contribution < -0.4 is 5.73 Å². The predicted molar refractivity (Wildman–Crippen MR) is 75.9 cm³/mol. The number of nitrogens with zero attached hydrogens (tertiary/aromatic N) is 2. The number of nitriles is 1. The van der Waals surface area contributed by atoms with Crippen molar-refractivity contribution in [2.75, 3.05) is 39.1 Å². The fourth-order valence-electron chi connectivity index (χ4n) is 2.72. The van der Waals surface area contributed by atoms with E-state index < -0.39 is 0 Å². The molecule has 4 nitrogen and oxygen atoms in total. The minimum Gasteiger partial charge on any atom is -0.397 e. The van der Waals surface area contributed by atoms with Gasteiger partial charge >= 0.3 is 0 Å². The van der Waals surface area contributed by atoms with Gasteiger partial charge in [-0.1, -0.05) is 12.1 Å². The van der Waals surface area contributed by atoms with Crippen molar-refractivity contribution in [3.63, 3.8) is 0 Å². The zero-order valence-corrected chi connectivity index (χ0v) is 11.4. The molecule has 19 heavy (non-hydrogen) atoms. The van der Waals surface area contributed by atoms with Gasteiger partial charge in [0, 0.05) is 13.7 Å². The lowest BCUT2D eigenvalue weighted by Crippen LogP contribution is -2.35. The Morgan fingerprint density at radius 3 is 2.79 bits per heavy atom. The molecule has 1 aliphatic heterocycles. The predicted octanol–water partition coefficient (Wildman–Crippen LogP) is 1.97. The van der Waals surface area contributed by atoms with Crippen molar-refractivity contribution in [3.05, 3.63) is 29.3 Å². The van der Waals surface area contributed by atoms with Crippen LogP contribution in [0.1, 0.15) is 29.9 Å². The van der Waals surface area contributed by atoms with Crippen molar-refractivity contribution >= 4 is 5.69 Å². The van der Waals surface area contributed by atoms with Crippen LogP contribution in [0.3, 0.4) is 0 Å². The quantitative estimate of drug-likeness (QED) is 0.840. The number of piperidine rings is 1. The lowest BCUT2D eigenvalue weighted by Gasteiger charge is -2.32. The molecule has 0 amide bonds. The maximum atomic E-state index is 9.03. The molecule has 0 saturated carbocycles. The highest BCUT2D eigenvalue weighted by atomic mass is 16.5. The summed E-state index contributed by atoms with van der Waals surface area (Å²) in [6, 6.07) is 7.94. The maximum absolute atomic E-state index is 9.03. The first-order chi connectivity index (χ1) is 9.26. The summed E-state index contributed by atoms with van der Waals surface area (Å²) in [7, 11) is 1.74. The Balaban J connectivity index is 2.00. The van der Waals surface area contributed by atoms with Crippen molar-refractivity contribution in [2.45, 2.75) is 18.8 Å². The third-order valence-corrected chi connectivity index (χ3v) is 3.90. The first-order valence-electron chi connectivity index (χ1n) is 6.76. The molecule has 2 rings (SSSR count). The molecule has 0 unspecified atom stereocenters. The monoisotopic (exact) mass is 259 g/mol. The molecular formula is C15H21N3O. The highest BCUT2D eigenvalue weighted by molar-refractivity contribution is 5.60. The van der Waals surface area contributed by atoms with Gasteiger partial charge in [0.25, 0.3) is 0 Å². The molecule has 0 aliphatic carbocycles. The maximum Gasteiger partial charge on any atom is 0.101 e. The Morgan fingerprint density at radius 2 is 2.16 bits per heavy atom. The molecule has 1 heterocycles. The number of likely N-dealkylation sites (tertiary alicyclic amines) is 1. The smallest absolute Gasteiger partial charge is 0.101 e. The van der Waals surface area contributed by atoms with Gasteiger partial charge in [-0.3, -0.25) is 0 Å². The summed E-state index contributed by atoms with van der Waals surface area (Å²) < 4.78 is 5.11. The molecule has 1 fully saturated rings. The minimum absolute atomic E-state index is 0.479. The highest BCUT2D eigenvalue weighted by Crippen LogP contribution is 2.32. The van der Waals surface area contributed by atoms with Crippen molar-refractivity contribution in [3.8, 4) is 6.07 Å². The van der Waals surface area contributed by atoms with Crippen LogP contribution in [-0.2, 0) is 4.74 Å². The summed E-state index contributed by atoms with van der Waals surface area (Å²) in [5.41, 5.74) is 8.49. The van der Waals surface area contributed by atoms with Crippen LogP contribution in [0.5, 0.6) is 0 Å². The van der Waals surface area contributed by atoms with Crippen molar-refractivity contribution in [2.24, 2.45) is 0 Å². The van der Waals surface area contributed by atoms with Crippen LogP contribution >= 0.6 is 0 Å². The molecule has 4 heteroatoms. The number of anilines is 1. The van der Waals surface area contributed by atoms with Crippen LogP contribution in [0, 0.1) is 11.3 Å². The summed E-state index contributed by atoms with van der Waals surface area (Å²) in [6.07, 6.45) is 2.20. The third-order valence-electron chi connectivity index (χ3n) is 3.90. The van der Waals surface area contributed by atoms with Gasteiger partial charge in [0.2, 0.25) is 0 Å². The van der Waals surface area contributed by atoms with Gasteiger partial charge in [-0.15, -0.1) is 0 Å². The van der Waals surface area contributed by atoms with E-state index in [1.165, 1.54) is 0 Å². The molecule has 1 aromatic rings. The lowest BCUT2D eigenvalue weighted by molar-refractivity contribution is 0.130. The Morgan fingerprint density at radius 1 is 1.42 bits per heavy atom. The summed E-state index contributed by atoms with van der Waals surface area (Å²) in [6.45, 7) is 3.93. The summed E-state index contributed by atoms with van der Waals surface area (Å²) in [5.74, 6) is 0.479. The van der Waals surface area contributed by atoms with E-state index in [1.807, 2.05) is 6.07 Å². The Kier molecular flexibility index (Phi) is 4.78. The fraction of sp³-hybridized carbons (Fsp3) is 0.533. The minimum atomic E-state index is 0.479. The van der Waals surface area contributed by atoms with Crippen LogP contribution in [0.4, 0.5) is 5.69 Å². The molecule has 0 atom stereocenters. The molecule has 2 N–H and O–H groups in total. The molecule has 102 valence electrons. The number of nitrogen functional groups attached to an aromatic ring is 1. The second-order valence-corrected chi connectivity index (χ2v) is 5.03. The number of nitrogens with two attached hydrogens (primary N) is 1. The first-order valence-corrected chi connectivity index (χ1v) is 6.76. The van der Waals surface area contributed by atoms with Gasteiger partial charge in [-0.2, -0.15) is 5.26 Å². The van der Waals surface area contributed by atoms with Crippen LogP contribution in [-0.4, -0.2) is 38.3 Å². The molecule has 1 aromatic carbocycles. The standard InChI is InChI=1S/C15H21N3O/c1-19-10-9-18-7-5-12(6-8-18)14-4-2-3-13(11-16)15(14)17/h2-4,12H,5-10,17H2,1H3. The molecule has 0 bridgehead atoms. The van der Waals surface area contributed by atoms with Gasteiger partial charge in [0.1, 0.15) is 6.07 Å². The number of ether oxygens (including phenoxy) is 1. The van der Waals surface area contributed by atoms with Crippen LogP contribution in [0.2, 0.25) is 0 Å². The number of para-hydroxylation sites is 1. The second-order valence-electron chi connectivity index (χ2n) is 5.03. The normalized spacial score (nSPS) is 17.3. The largest absolute Gasteiger partial charge is 0.397 e. The van der Waals surface area contributed by atoms with Crippen molar-refractivity contribution < 1.29 is 4.74 Å². The van der Waals surface area contributed by atoms with E-state index in [0.717, 1.165) is 44.6 Å². The molecule has 1 aliphatic rings. The van der Waals surface area contributed by atoms with Crippen molar-refractivity contribution in [1.29, 1.82) is 5.26 Å². The molecule has 0 radical (unpaired) electrons. The number of hydrogen-bond donors (Lipinski definition) is 1. The average molecular weight is 259 g/mol. The lowest BCUT2D eigenvalue weighted by atomic mass is 9.87. The van der Waals surface area contributed by atoms with Crippen LogP contribution in [0.15, 0.2) is 18.2 Å². The highest BCUT2D eigenvalue weighted by Gasteiger charge is 2.22. The van der Waals surface area contributed by atoms with E-state index in [1.54, 1.807) is 13.2 Å². The molecule has 0 aromatic heterocycles. The average Bonchev–Trinajstić information content (AvgIpc) is 2.46. The SMILES string of the molecule is COCCN1CCC(c2cccc(C#N)c2N)CC1. The van der Waals surface area contributed by atoms with E-state index in [-0.39, 0.29) is 0 Å². The zero-order valence-electron chi connectivity index (χ0n) is 11.4. The number of rotatable bonds is 4. The topological polar surface area (TPSA) is 62.3 Å². The van der Waals surface area contributed by atoms with E-state index in [9.17, 15) is 0 Å². The van der Waals surface area contributed by atoms with Gasteiger partial charge in [-0.05, 0) is 43.5 Å². The summed E-state index contributed by atoms with van der Waals surface area (Å²) in [5, 5.41) is 9.03. The third kappa shape index (κ3) is 3.25. The van der Waals surface area contributed by atoms with E-state index in [2.05, 4.69) is 17.0 Å². The van der Waals surface area contributed by atoms with Crippen molar-refractivity contribution in [1.82, 2.24) is 4.90 Å². The van der Waals surface area contributed by atoms with E-state index in [0.29, 0.717) is 17.2 Å².